The highest BCUT2D eigenvalue weighted by Gasteiger charge is 2.44. The van der Waals surface area contributed by atoms with Gasteiger partial charge in [-0.1, -0.05) is 13.8 Å². The maximum atomic E-state index is 11.5. The molecule has 1 rings (SSSR count). The summed E-state index contributed by atoms with van der Waals surface area (Å²) < 4.78 is 28.3. The van der Waals surface area contributed by atoms with Gasteiger partial charge in [0.05, 0.1) is 11.4 Å². The van der Waals surface area contributed by atoms with E-state index in [0.717, 1.165) is 12.8 Å². The highest BCUT2D eigenvalue weighted by atomic mass is 32.2. The van der Waals surface area contributed by atoms with Crippen molar-refractivity contribution in [1.82, 2.24) is 0 Å². The van der Waals surface area contributed by atoms with Crippen molar-refractivity contribution in [1.29, 1.82) is 0 Å². The molecule has 4 heteroatoms. The van der Waals surface area contributed by atoms with E-state index in [4.69, 9.17) is 4.74 Å². The summed E-state index contributed by atoms with van der Waals surface area (Å²) in [5, 5.41) is -0.399. The molecule has 90 valence electrons. The minimum absolute atomic E-state index is 0.145. The lowest BCUT2D eigenvalue weighted by molar-refractivity contribution is -0.0367. The molecule has 0 amide bonds. The molecule has 0 aromatic heterocycles. The van der Waals surface area contributed by atoms with Gasteiger partial charge in [0.2, 0.25) is 0 Å². The first-order chi connectivity index (χ1) is 6.67. The summed E-state index contributed by atoms with van der Waals surface area (Å²) in [5.41, 5.74) is 0.360. The fourth-order valence-corrected chi connectivity index (χ4v) is 3.42. The van der Waals surface area contributed by atoms with Crippen LogP contribution in [0.3, 0.4) is 0 Å². The average molecular weight is 234 g/mol. The second kappa shape index (κ2) is 4.06. The van der Waals surface area contributed by atoms with E-state index in [1.165, 1.54) is 6.26 Å². The van der Waals surface area contributed by atoms with Gasteiger partial charge in [-0.15, -0.1) is 0 Å². The molecule has 0 aliphatic heterocycles. The predicted molar refractivity (Wildman–Crippen MR) is 61.6 cm³/mol. The number of sulfone groups is 1. The Morgan fingerprint density at radius 3 is 2.07 bits per heavy atom. The van der Waals surface area contributed by atoms with Crippen molar-refractivity contribution in [2.24, 2.45) is 11.3 Å². The normalized spacial score (nSPS) is 25.7. The highest BCUT2D eigenvalue weighted by molar-refractivity contribution is 7.91. The molecular weight excluding hydrogens is 212 g/mol. The fourth-order valence-electron chi connectivity index (χ4n) is 2.60. The van der Waals surface area contributed by atoms with Crippen molar-refractivity contribution < 1.29 is 13.2 Å². The third kappa shape index (κ3) is 2.94. The van der Waals surface area contributed by atoms with Gasteiger partial charge in [-0.3, -0.25) is 0 Å². The van der Waals surface area contributed by atoms with E-state index in [2.05, 4.69) is 13.8 Å². The molecule has 0 bridgehead atoms. The number of ether oxygens (including phenoxy) is 1. The minimum Gasteiger partial charge on any atom is -0.380 e. The Morgan fingerprint density at radius 1 is 1.33 bits per heavy atom. The first-order valence-corrected chi connectivity index (χ1v) is 7.34. The largest absolute Gasteiger partial charge is 0.380 e. The number of methoxy groups -OCH3 is 1. The summed E-state index contributed by atoms with van der Waals surface area (Å²) in [5.74, 6) is 0.398. The summed E-state index contributed by atoms with van der Waals surface area (Å²) in [6.45, 7) is 6.16. The van der Waals surface area contributed by atoms with Crippen molar-refractivity contribution in [3.05, 3.63) is 0 Å². The highest BCUT2D eigenvalue weighted by Crippen LogP contribution is 2.47. The van der Waals surface area contributed by atoms with E-state index in [1.54, 1.807) is 14.0 Å². The van der Waals surface area contributed by atoms with Crippen molar-refractivity contribution in [3.63, 3.8) is 0 Å². The molecule has 1 aliphatic carbocycles. The predicted octanol–water partition coefficient (Wildman–Crippen LogP) is 1.87. The van der Waals surface area contributed by atoms with Crippen molar-refractivity contribution >= 4 is 9.84 Å². The molecule has 2 atom stereocenters. The molecule has 0 radical (unpaired) electrons. The Bertz CT molecular complexity index is 311. The van der Waals surface area contributed by atoms with Gasteiger partial charge < -0.3 is 4.74 Å². The van der Waals surface area contributed by atoms with Gasteiger partial charge in [0, 0.05) is 13.4 Å². The monoisotopic (exact) mass is 234 g/mol. The standard InChI is InChI=1S/C11H22O3S/c1-8(15(5,12)13)10(14-4)9-6-11(2,3)7-9/h8-10H,6-7H2,1-5H3/t8-,10-/m0/s1. The van der Waals surface area contributed by atoms with E-state index in [1.807, 2.05) is 0 Å². The van der Waals surface area contributed by atoms with Crippen LogP contribution in [0.15, 0.2) is 0 Å². The molecule has 0 aromatic rings. The van der Waals surface area contributed by atoms with Crippen LogP contribution in [0.1, 0.15) is 33.6 Å². The smallest absolute Gasteiger partial charge is 0.152 e. The van der Waals surface area contributed by atoms with Gasteiger partial charge in [-0.25, -0.2) is 8.42 Å². The fraction of sp³-hybridized carbons (Fsp3) is 1.00. The molecule has 0 saturated heterocycles. The van der Waals surface area contributed by atoms with Crippen LogP contribution in [0.25, 0.3) is 0 Å². The van der Waals surface area contributed by atoms with E-state index in [9.17, 15) is 8.42 Å². The van der Waals surface area contributed by atoms with E-state index >= 15 is 0 Å². The molecule has 0 unspecified atom stereocenters. The molecule has 0 aromatic carbocycles. The van der Waals surface area contributed by atoms with Crippen LogP contribution in [-0.2, 0) is 14.6 Å². The molecule has 1 aliphatic rings. The SMILES string of the molecule is CO[C@H](C1CC(C)(C)C1)[C@H](C)S(C)(=O)=O. The van der Waals surface area contributed by atoms with Crippen LogP contribution in [-0.4, -0.2) is 33.1 Å². The number of hydrogen-bond acceptors (Lipinski definition) is 3. The van der Waals surface area contributed by atoms with Crippen LogP contribution in [0, 0.1) is 11.3 Å². The first-order valence-electron chi connectivity index (χ1n) is 5.39. The third-order valence-corrected chi connectivity index (χ3v) is 5.12. The lowest BCUT2D eigenvalue weighted by atomic mass is 9.62. The van der Waals surface area contributed by atoms with E-state index in [-0.39, 0.29) is 6.10 Å². The van der Waals surface area contributed by atoms with Gasteiger partial charge in [-0.05, 0) is 31.1 Å². The maximum Gasteiger partial charge on any atom is 0.152 e. The zero-order valence-corrected chi connectivity index (χ0v) is 11.1. The summed E-state index contributed by atoms with van der Waals surface area (Å²) in [6, 6.07) is 0. The van der Waals surface area contributed by atoms with Gasteiger partial charge in [-0.2, -0.15) is 0 Å². The summed E-state index contributed by atoms with van der Waals surface area (Å²) in [6.07, 6.45) is 3.26. The van der Waals surface area contributed by atoms with Crippen molar-refractivity contribution in [2.75, 3.05) is 13.4 Å². The van der Waals surface area contributed by atoms with Crippen molar-refractivity contribution in [3.8, 4) is 0 Å². The van der Waals surface area contributed by atoms with E-state index in [0.29, 0.717) is 11.3 Å². The molecule has 15 heavy (non-hydrogen) atoms. The maximum absolute atomic E-state index is 11.5. The Kier molecular flexibility index (Phi) is 3.51. The zero-order chi connectivity index (χ0) is 11.9. The molecule has 1 fully saturated rings. The summed E-state index contributed by atoms with van der Waals surface area (Å²) in [7, 11) is -1.39. The minimum atomic E-state index is -3.00. The van der Waals surface area contributed by atoms with Crippen LogP contribution in [0.2, 0.25) is 0 Å². The molecule has 0 spiro atoms. The number of rotatable bonds is 4. The Morgan fingerprint density at radius 2 is 1.80 bits per heavy atom. The van der Waals surface area contributed by atoms with Gasteiger partial charge in [0.1, 0.15) is 0 Å². The average Bonchev–Trinajstić information content (AvgIpc) is 2.00. The molecule has 1 saturated carbocycles. The van der Waals surface area contributed by atoms with Gasteiger partial charge >= 0.3 is 0 Å². The van der Waals surface area contributed by atoms with Gasteiger partial charge in [0.15, 0.2) is 9.84 Å². The third-order valence-electron chi connectivity index (χ3n) is 3.50. The van der Waals surface area contributed by atoms with Crippen LogP contribution >= 0.6 is 0 Å². The second-order valence-electron chi connectivity index (χ2n) is 5.57. The Hall–Kier alpha value is -0.0900. The first kappa shape index (κ1) is 13.0. The topological polar surface area (TPSA) is 43.4 Å². The molecule has 0 heterocycles. The lowest BCUT2D eigenvalue weighted by Gasteiger charge is -2.47. The Labute approximate surface area is 93.1 Å². The van der Waals surface area contributed by atoms with Crippen LogP contribution < -0.4 is 0 Å². The molecular formula is C11H22O3S. The lowest BCUT2D eigenvalue weighted by Crippen LogP contribution is -2.46. The summed E-state index contributed by atoms with van der Waals surface area (Å²) in [4.78, 5) is 0. The van der Waals surface area contributed by atoms with Gasteiger partial charge in [0.25, 0.3) is 0 Å². The second-order valence-corrected chi connectivity index (χ2v) is 7.97. The van der Waals surface area contributed by atoms with Crippen molar-refractivity contribution in [2.45, 2.75) is 45.0 Å². The molecule has 0 N–H and O–H groups in total. The quantitative estimate of drug-likeness (QED) is 0.746. The summed E-state index contributed by atoms with van der Waals surface area (Å²) >= 11 is 0. The van der Waals surface area contributed by atoms with Crippen LogP contribution in [0.4, 0.5) is 0 Å². The molecule has 3 nitrogen and oxygen atoms in total. The zero-order valence-electron chi connectivity index (χ0n) is 10.3. The Balaban J connectivity index is 2.66. The van der Waals surface area contributed by atoms with E-state index < -0.39 is 15.1 Å². The van der Waals surface area contributed by atoms with Crippen LogP contribution in [0.5, 0.6) is 0 Å². The number of hydrogen-bond donors (Lipinski definition) is 0.